The fourth-order valence-corrected chi connectivity index (χ4v) is 10.6. The van der Waals surface area contributed by atoms with Crippen LogP contribution in [0.15, 0.2) is 94.7 Å². The van der Waals surface area contributed by atoms with E-state index in [1.807, 2.05) is 0 Å². The standard InChI is InChI=1S/C19H17F4NO5S.C19H20FNO5S/c20-16-6-3-13(11-15(16)19(21,22)23)12-1-4-14(5-2-12)30(27,28)18(17(25)24-26)7-9-29-10-8-18;1-13-2-7-16(17(20)12-13)14-3-5-15(6-4-14)27(24,25)19(18(22)21-23)8-10-26-11-9-19/h1-6,11,26H,7-10H2,(H,24,25);2-7,12,23H,8-11H2,1H3,(H,21,22). The maximum atomic E-state index is 14.2. The maximum Gasteiger partial charge on any atom is 0.419 e. The number of halogens is 5. The Kier molecular flexibility index (Phi) is 12.9. The molecule has 0 unspecified atom stereocenters. The van der Waals surface area contributed by atoms with Gasteiger partial charge < -0.3 is 9.47 Å². The van der Waals surface area contributed by atoms with Gasteiger partial charge in [-0.2, -0.15) is 13.2 Å². The fraction of sp³-hybridized carbons (Fsp3) is 0.316. The number of hydroxylamine groups is 2. The molecule has 2 heterocycles. The van der Waals surface area contributed by atoms with Crippen LogP contribution in [0.25, 0.3) is 22.3 Å². The maximum absolute atomic E-state index is 14.2. The van der Waals surface area contributed by atoms with Crippen LogP contribution in [0.1, 0.15) is 36.8 Å². The number of hydrogen-bond acceptors (Lipinski definition) is 10. The summed E-state index contributed by atoms with van der Waals surface area (Å²) in [4.78, 5) is 24.1. The van der Waals surface area contributed by atoms with Gasteiger partial charge in [0.05, 0.1) is 15.4 Å². The fourth-order valence-electron chi connectivity index (χ4n) is 6.71. The van der Waals surface area contributed by atoms with Crippen molar-refractivity contribution in [3.05, 3.63) is 108 Å². The molecule has 0 atom stereocenters. The highest BCUT2D eigenvalue weighted by Gasteiger charge is 2.53. The van der Waals surface area contributed by atoms with Gasteiger partial charge in [0.2, 0.25) is 0 Å². The predicted octanol–water partition coefficient (Wildman–Crippen LogP) is 5.97. The average molecular weight is 841 g/mol. The van der Waals surface area contributed by atoms with Crippen LogP contribution in [0.4, 0.5) is 22.0 Å². The van der Waals surface area contributed by atoms with E-state index in [1.54, 1.807) is 19.1 Å². The summed E-state index contributed by atoms with van der Waals surface area (Å²) in [5, 5.41) is 18.1. The molecule has 2 fully saturated rings. The minimum Gasteiger partial charge on any atom is -0.381 e. The SMILES string of the molecule is Cc1ccc(-c2ccc(S(=O)(=O)C3(C(=O)NO)CCOCC3)cc2)c(F)c1.O=C(NO)C1(S(=O)(=O)c2ccc(-c3ccc(F)c(C(F)(F)F)c3)cc2)CCOCC1. The lowest BCUT2D eigenvalue weighted by Crippen LogP contribution is -2.54. The zero-order valence-electron chi connectivity index (χ0n) is 30.1. The van der Waals surface area contributed by atoms with Crippen molar-refractivity contribution in [2.24, 2.45) is 0 Å². The summed E-state index contributed by atoms with van der Waals surface area (Å²) in [5.74, 6) is -3.87. The van der Waals surface area contributed by atoms with E-state index in [1.165, 1.54) is 53.4 Å². The molecular weight excluding hydrogens is 804 g/mol. The van der Waals surface area contributed by atoms with Gasteiger partial charge in [0.1, 0.15) is 11.6 Å². The van der Waals surface area contributed by atoms with Gasteiger partial charge >= 0.3 is 6.18 Å². The van der Waals surface area contributed by atoms with Crippen molar-refractivity contribution >= 4 is 31.5 Å². The first-order chi connectivity index (χ1) is 26.8. The normalized spacial score (nSPS) is 16.8. The molecule has 0 aromatic heterocycles. The molecule has 4 N–H and O–H groups in total. The molecule has 0 spiro atoms. The quantitative estimate of drug-likeness (QED) is 0.0937. The summed E-state index contributed by atoms with van der Waals surface area (Å²) in [6.07, 6.45) is -5.34. The number of carbonyl (C=O) groups excluding carboxylic acids is 2. The van der Waals surface area contributed by atoms with Crippen molar-refractivity contribution in [3.8, 4) is 22.3 Å². The zero-order valence-corrected chi connectivity index (χ0v) is 31.7. The van der Waals surface area contributed by atoms with E-state index in [-0.39, 0.29) is 73.0 Å². The van der Waals surface area contributed by atoms with Crippen LogP contribution in [0.3, 0.4) is 0 Å². The Balaban J connectivity index is 0.000000219. The Labute approximate surface area is 324 Å². The van der Waals surface area contributed by atoms with Gasteiger partial charge in [-0.25, -0.2) is 36.6 Å². The minimum atomic E-state index is -4.88. The van der Waals surface area contributed by atoms with Crippen LogP contribution < -0.4 is 11.0 Å². The van der Waals surface area contributed by atoms with E-state index in [0.29, 0.717) is 23.3 Å². The first-order valence-corrected chi connectivity index (χ1v) is 20.2. The zero-order chi connectivity index (χ0) is 41.8. The highest BCUT2D eigenvalue weighted by molar-refractivity contribution is 7.94. The molecule has 19 heteroatoms. The Hall–Kier alpha value is -4.79. The Morgan fingerprint density at radius 1 is 0.614 bits per heavy atom. The van der Waals surface area contributed by atoms with Crippen LogP contribution in [-0.2, 0) is 44.9 Å². The molecule has 0 bridgehead atoms. The third-order valence-electron chi connectivity index (χ3n) is 10.0. The smallest absolute Gasteiger partial charge is 0.381 e. The molecule has 0 aliphatic carbocycles. The third-order valence-corrected chi connectivity index (χ3v) is 15.1. The summed E-state index contributed by atoms with van der Waals surface area (Å²) in [5.41, 5.74) is 3.39. The Morgan fingerprint density at radius 3 is 1.44 bits per heavy atom. The summed E-state index contributed by atoms with van der Waals surface area (Å²) in [7, 11) is -8.36. The Bertz CT molecular complexity index is 2330. The molecule has 2 amide bonds. The second-order valence-corrected chi connectivity index (χ2v) is 17.8. The number of amides is 2. The van der Waals surface area contributed by atoms with Crippen molar-refractivity contribution in [2.75, 3.05) is 26.4 Å². The largest absolute Gasteiger partial charge is 0.419 e. The van der Waals surface area contributed by atoms with E-state index in [4.69, 9.17) is 19.9 Å². The lowest BCUT2D eigenvalue weighted by molar-refractivity contribution is -0.140. The molecule has 2 aliphatic rings. The van der Waals surface area contributed by atoms with Gasteiger partial charge in [-0.1, -0.05) is 42.5 Å². The molecular formula is C38H37F5N2O10S2. The van der Waals surface area contributed by atoms with Crippen molar-refractivity contribution in [1.82, 2.24) is 11.0 Å². The third kappa shape index (κ3) is 8.44. The number of ether oxygens (including phenoxy) is 2. The summed E-state index contributed by atoms with van der Waals surface area (Å²) >= 11 is 0. The number of carbonyl (C=O) groups is 2. The van der Waals surface area contributed by atoms with Crippen LogP contribution in [0, 0.1) is 18.6 Å². The van der Waals surface area contributed by atoms with Gasteiger partial charge in [-0.3, -0.25) is 20.0 Å². The van der Waals surface area contributed by atoms with Crippen LogP contribution in [0.2, 0.25) is 0 Å². The molecule has 2 aliphatic heterocycles. The van der Waals surface area contributed by atoms with Crippen molar-refractivity contribution < 1.29 is 68.3 Å². The van der Waals surface area contributed by atoms with Crippen LogP contribution >= 0.6 is 0 Å². The number of sulfone groups is 2. The number of rotatable bonds is 8. The van der Waals surface area contributed by atoms with Gasteiger partial charge in [0, 0.05) is 32.0 Å². The number of aryl methyl sites for hydroxylation is 1. The van der Waals surface area contributed by atoms with Crippen LogP contribution in [-0.4, -0.2) is 75.0 Å². The van der Waals surface area contributed by atoms with Gasteiger partial charge in [0.15, 0.2) is 29.2 Å². The van der Waals surface area contributed by atoms with E-state index >= 15 is 0 Å². The molecule has 6 rings (SSSR count). The van der Waals surface area contributed by atoms with Crippen LogP contribution in [0.5, 0.6) is 0 Å². The number of nitrogens with one attached hydrogen (secondary N) is 2. The molecule has 0 saturated carbocycles. The minimum absolute atomic E-state index is 0.000528. The highest BCUT2D eigenvalue weighted by Crippen LogP contribution is 2.39. The van der Waals surface area contributed by atoms with Crippen molar-refractivity contribution in [1.29, 1.82) is 0 Å². The molecule has 2 saturated heterocycles. The summed E-state index contributed by atoms with van der Waals surface area (Å²) in [6, 6.07) is 17.8. The second-order valence-electron chi connectivity index (χ2n) is 13.3. The van der Waals surface area contributed by atoms with Crippen molar-refractivity contribution in [2.45, 2.75) is 58.1 Å². The lowest BCUT2D eigenvalue weighted by Gasteiger charge is -2.34. The predicted molar refractivity (Wildman–Crippen MR) is 193 cm³/mol. The molecule has 4 aromatic rings. The van der Waals surface area contributed by atoms with Gasteiger partial charge in [-0.15, -0.1) is 0 Å². The van der Waals surface area contributed by atoms with Gasteiger partial charge in [-0.05, 0) is 97.3 Å². The highest BCUT2D eigenvalue weighted by atomic mass is 32.2. The van der Waals surface area contributed by atoms with E-state index in [0.717, 1.165) is 23.8 Å². The first-order valence-electron chi connectivity index (χ1n) is 17.2. The molecule has 57 heavy (non-hydrogen) atoms. The lowest BCUT2D eigenvalue weighted by atomic mass is 9.98. The molecule has 12 nitrogen and oxygen atoms in total. The van der Waals surface area contributed by atoms with E-state index in [9.17, 15) is 48.4 Å². The van der Waals surface area contributed by atoms with Gasteiger partial charge in [0.25, 0.3) is 11.8 Å². The summed E-state index contributed by atoms with van der Waals surface area (Å²) in [6.45, 7) is 1.97. The van der Waals surface area contributed by atoms with E-state index < -0.39 is 64.4 Å². The van der Waals surface area contributed by atoms with E-state index in [2.05, 4.69) is 0 Å². The van der Waals surface area contributed by atoms with Crippen molar-refractivity contribution in [3.63, 3.8) is 0 Å². The number of benzene rings is 4. The molecule has 4 aromatic carbocycles. The molecule has 0 radical (unpaired) electrons. The number of hydrogen-bond donors (Lipinski definition) is 4. The average Bonchev–Trinajstić information content (AvgIpc) is 3.20. The summed E-state index contributed by atoms with van der Waals surface area (Å²) < 4.78 is 126. The first kappa shape index (κ1) is 43.3. The molecule has 306 valence electrons. The monoisotopic (exact) mass is 840 g/mol. The Morgan fingerprint density at radius 2 is 1.04 bits per heavy atom. The number of alkyl halides is 3. The topological polar surface area (TPSA) is 185 Å². The second kappa shape index (κ2) is 17.0.